The van der Waals surface area contributed by atoms with Gasteiger partial charge in [0.15, 0.2) is 0 Å². The first kappa shape index (κ1) is 15.8. The van der Waals surface area contributed by atoms with Crippen LogP contribution in [-0.2, 0) is 14.5 Å². The van der Waals surface area contributed by atoms with Crippen molar-refractivity contribution in [3.63, 3.8) is 0 Å². The van der Waals surface area contributed by atoms with Gasteiger partial charge < -0.3 is 4.74 Å². The van der Waals surface area contributed by atoms with Crippen LogP contribution in [0.2, 0.25) is 5.02 Å². The molecule has 0 saturated heterocycles. The quantitative estimate of drug-likeness (QED) is 0.874. The molecule has 1 atom stereocenters. The van der Waals surface area contributed by atoms with Crippen LogP contribution in [0.25, 0.3) is 0 Å². The van der Waals surface area contributed by atoms with Crippen LogP contribution in [0.3, 0.4) is 0 Å². The molecule has 7 heteroatoms. The molecule has 0 bridgehead atoms. The average Bonchev–Trinajstić information content (AvgIpc) is 2.11. The summed E-state index contributed by atoms with van der Waals surface area (Å²) in [5, 5.41) is 2.84. The van der Waals surface area contributed by atoms with E-state index in [4.69, 9.17) is 21.1 Å². The van der Waals surface area contributed by atoms with E-state index in [1.54, 1.807) is 20.8 Å². The third kappa shape index (κ3) is 5.08. The first-order valence-electron chi connectivity index (χ1n) is 5.52. The number of carbonyl (C=O) groups is 1. The summed E-state index contributed by atoms with van der Waals surface area (Å²) in [5.41, 5.74) is -0.415. The van der Waals surface area contributed by atoms with Crippen molar-refractivity contribution < 1.29 is 13.7 Å². The highest BCUT2D eigenvalue weighted by molar-refractivity contribution is 7.91. The Balaban J connectivity index is 3.07. The molecule has 0 heterocycles. The molecule has 19 heavy (non-hydrogen) atoms. The van der Waals surface area contributed by atoms with Crippen molar-refractivity contribution in [2.24, 2.45) is 0 Å². The van der Waals surface area contributed by atoms with E-state index in [0.29, 0.717) is 5.02 Å². The van der Waals surface area contributed by atoms with Crippen LogP contribution in [0.5, 0.6) is 0 Å². The fourth-order valence-corrected chi connectivity index (χ4v) is 2.38. The first-order valence-corrected chi connectivity index (χ1v) is 7.87. The highest BCUT2D eigenvalue weighted by Gasteiger charge is 2.19. The van der Waals surface area contributed by atoms with Gasteiger partial charge in [-0.2, -0.15) is 0 Å². The Labute approximate surface area is 118 Å². The summed E-state index contributed by atoms with van der Waals surface area (Å²) in [6.45, 7) is 5.21. The van der Waals surface area contributed by atoms with Gasteiger partial charge in [0.25, 0.3) is 0 Å². The molecule has 0 spiro atoms. The molecule has 1 aromatic rings. The maximum Gasteiger partial charge on any atom is 0.412 e. The van der Waals surface area contributed by atoms with E-state index in [1.165, 1.54) is 24.5 Å². The molecule has 106 valence electrons. The second kappa shape index (κ2) is 5.38. The largest absolute Gasteiger partial charge is 0.444 e. The van der Waals surface area contributed by atoms with E-state index in [9.17, 15) is 9.00 Å². The SMILES string of the molecule is CC(C)(C)OC(=O)Nc1cc(Cl)ccc1S(C)(=N)=O. The summed E-state index contributed by atoms with van der Waals surface area (Å²) in [4.78, 5) is 11.9. The zero-order chi connectivity index (χ0) is 14.8. The minimum Gasteiger partial charge on any atom is -0.444 e. The van der Waals surface area contributed by atoms with Crippen molar-refractivity contribution in [1.82, 2.24) is 0 Å². The molecular weight excluding hydrogens is 288 g/mol. The van der Waals surface area contributed by atoms with E-state index >= 15 is 0 Å². The lowest BCUT2D eigenvalue weighted by molar-refractivity contribution is 0.0635. The molecule has 1 amide bonds. The van der Waals surface area contributed by atoms with Gasteiger partial charge in [0.1, 0.15) is 5.60 Å². The lowest BCUT2D eigenvalue weighted by atomic mass is 10.2. The second-order valence-electron chi connectivity index (χ2n) is 5.11. The van der Waals surface area contributed by atoms with Gasteiger partial charge in [0, 0.05) is 11.3 Å². The van der Waals surface area contributed by atoms with Crippen molar-refractivity contribution in [3.8, 4) is 0 Å². The number of carbonyl (C=O) groups excluding carboxylic acids is 1. The number of rotatable bonds is 2. The predicted octanol–water partition coefficient (Wildman–Crippen LogP) is 3.72. The van der Waals surface area contributed by atoms with Gasteiger partial charge in [-0.15, -0.1) is 0 Å². The fourth-order valence-electron chi connectivity index (χ4n) is 1.35. The molecule has 5 nitrogen and oxygen atoms in total. The van der Waals surface area contributed by atoms with Crippen molar-refractivity contribution in [3.05, 3.63) is 23.2 Å². The molecule has 0 aliphatic heterocycles. The minimum absolute atomic E-state index is 0.211. The number of hydrogen-bond acceptors (Lipinski definition) is 4. The van der Waals surface area contributed by atoms with Gasteiger partial charge in [0.2, 0.25) is 0 Å². The van der Waals surface area contributed by atoms with Gasteiger partial charge in [-0.3, -0.25) is 5.32 Å². The smallest absolute Gasteiger partial charge is 0.412 e. The van der Waals surface area contributed by atoms with Crippen LogP contribution in [0, 0.1) is 4.78 Å². The van der Waals surface area contributed by atoms with Crippen LogP contribution < -0.4 is 5.32 Å². The summed E-state index contributed by atoms with van der Waals surface area (Å²) in [6, 6.07) is 4.43. The highest BCUT2D eigenvalue weighted by Crippen LogP contribution is 2.26. The van der Waals surface area contributed by atoms with Crippen LogP contribution in [0.1, 0.15) is 20.8 Å². The van der Waals surface area contributed by atoms with Crippen molar-refractivity contribution in [2.75, 3.05) is 11.6 Å². The normalized spacial score (nSPS) is 14.6. The van der Waals surface area contributed by atoms with Crippen LogP contribution in [0.4, 0.5) is 10.5 Å². The van der Waals surface area contributed by atoms with Crippen LogP contribution in [-0.4, -0.2) is 22.2 Å². The number of ether oxygens (including phenoxy) is 1. The molecule has 1 unspecified atom stereocenters. The summed E-state index contributed by atoms with van der Waals surface area (Å²) in [5.74, 6) is 0. The zero-order valence-corrected chi connectivity index (χ0v) is 12.8. The van der Waals surface area contributed by atoms with E-state index in [2.05, 4.69) is 5.32 Å². The molecule has 0 saturated carbocycles. The highest BCUT2D eigenvalue weighted by atomic mass is 35.5. The molecule has 0 aromatic heterocycles. The Morgan fingerprint density at radius 1 is 1.42 bits per heavy atom. The number of nitrogens with one attached hydrogen (secondary N) is 2. The van der Waals surface area contributed by atoms with Gasteiger partial charge in [-0.25, -0.2) is 13.8 Å². The molecule has 0 aliphatic rings. The Kier molecular flexibility index (Phi) is 4.47. The molecule has 0 fully saturated rings. The van der Waals surface area contributed by atoms with E-state index in [0.717, 1.165) is 0 Å². The van der Waals surface area contributed by atoms with E-state index in [-0.39, 0.29) is 10.6 Å². The third-order valence-electron chi connectivity index (χ3n) is 2.00. The maximum absolute atomic E-state index is 11.8. The summed E-state index contributed by atoms with van der Waals surface area (Å²) in [6.07, 6.45) is 0.593. The van der Waals surface area contributed by atoms with Crippen molar-refractivity contribution >= 4 is 33.1 Å². The molecule has 1 rings (SSSR count). The second-order valence-corrected chi connectivity index (χ2v) is 7.67. The average molecular weight is 305 g/mol. The first-order chi connectivity index (χ1) is 8.49. The molecule has 1 aromatic carbocycles. The van der Waals surface area contributed by atoms with E-state index in [1.807, 2.05) is 0 Å². The standard InChI is InChI=1S/C12H17ClN2O3S/c1-12(2,3)18-11(16)15-9-7-8(13)5-6-10(9)19(4,14)17/h5-7,14H,1-4H3,(H,15,16). The number of hydrogen-bond donors (Lipinski definition) is 2. The topological polar surface area (TPSA) is 79.2 Å². The van der Waals surface area contributed by atoms with Gasteiger partial charge in [-0.05, 0) is 39.0 Å². The summed E-state index contributed by atoms with van der Waals surface area (Å²) < 4.78 is 24.5. The van der Waals surface area contributed by atoms with Crippen molar-refractivity contribution in [1.29, 1.82) is 4.78 Å². The number of benzene rings is 1. The Hall–Kier alpha value is -1.27. The Bertz CT molecular complexity index is 591. The monoisotopic (exact) mass is 304 g/mol. The number of anilines is 1. The minimum atomic E-state index is -2.97. The van der Waals surface area contributed by atoms with Gasteiger partial charge in [0.05, 0.1) is 20.3 Å². The molecular formula is C12H17ClN2O3S. The van der Waals surface area contributed by atoms with Crippen LogP contribution in [0.15, 0.2) is 23.1 Å². The third-order valence-corrected chi connectivity index (χ3v) is 3.43. The molecule has 0 radical (unpaired) electrons. The summed E-state index contributed by atoms with van der Waals surface area (Å²) >= 11 is 5.84. The molecule has 0 aliphatic carbocycles. The summed E-state index contributed by atoms with van der Waals surface area (Å²) in [7, 11) is -2.97. The lowest BCUT2D eigenvalue weighted by Crippen LogP contribution is -2.27. The van der Waals surface area contributed by atoms with Gasteiger partial charge in [-0.1, -0.05) is 11.6 Å². The predicted molar refractivity (Wildman–Crippen MR) is 76.4 cm³/mol. The van der Waals surface area contributed by atoms with Crippen molar-refractivity contribution in [2.45, 2.75) is 31.3 Å². The zero-order valence-electron chi connectivity index (χ0n) is 11.2. The van der Waals surface area contributed by atoms with Crippen LogP contribution >= 0.6 is 11.6 Å². The lowest BCUT2D eigenvalue weighted by Gasteiger charge is -2.20. The number of amides is 1. The number of halogens is 1. The Morgan fingerprint density at radius 3 is 2.47 bits per heavy atom. The molecule has 2 N–H and O–H groups in total. The maximum atomic E-state index is 11.8. The van der Waals surface area contributed by atoms with E-state index < -0.39 is 21.4 Å². The van der Waals surface area contributed by atoms with Gasteiger partial charge >= 0.3 is 6.09 Å². The Morgan fingerprint density at radius 2 is 2.00 bits per heavy atom. The fraction of sp³-hybridized carbons (Fsp3) is 0.417.